The van der Waals surface area contributed by atoms with Crippen LogP contribution in [-0.2, 0) is 5.41 Å². The molecular weight excluding hydrogens is 849 g/mol. The van der Waals surface area contributed by atoms with Crippen molar-refractivity contribution in [2.24, 2.45) is 0 Å². The zero-order valence-electron chi connectivity index (χ0n) is 38.2. The van der Waals surface area contributed by atoms with E-state index in [-0.39, 0.29) is 0 Å². The summed E-state index contributed by atoms with van der Waals surface area (Å²) in [6.45, 7) is 0. The second kappa shape index (κ2) is 16.0. The first-order valence-electron chi connectivity index (χ1n) is 24.1. The molecule has 3 heteroatoms. The summed E-state index contributed by atoms with van der Waals surface area (Å²) in [6, 6.07) is 97.3. The van der Waals surface area contributed by atoms with Crippen molar-refractivity contribution < 1.29 is 4.42 Å². The van der Waals surface area contributed by atoms with Crippen molar-refractivity contribution in [3.05, 3.63) is 289 Å². The van der Waals surface area contributed by atoms with Crippen molar-refractivity contribution in [1.29, 1.82) is 0 Å². The first kappa shape index (κ1) is 39.9. The summed E-state index contributed by atoms with van der Waals surface area (Å²) in [5.41, 5.74) is 20.2. The molecule has 14 rings (SSSR count). The van der Waals surface area contributed by atoms with Gasteiger partial charge in [-0.15, -0.1) is 0 Å². The van der Waals surface area contributed by atoms with Crippen molar-refractivity contribution in [1.82, 2.24) is 4.57 Å². The van der Waals surface area contributed by atoms with Crippen LogP contribution < -0.4 is 4.90 Å². The summed E-state index contributed by atoms with van der Waals surface area (Å²) in [5.74, 6) is 0. The molecule has 0 atom stereocenters. The number of hydrogen-bond donors (Lipinski definition) is 0. The van der Waals surface area contributed by atoms with Crippen LogP contribution in [0.4, 0.5) is 17.1 Å². The summed E-state index contributed by atoms with van der Waals surface area (Å²) < 4.78 is 8.74. The van der Waals surface area contributed by atoms with Gasteiger partial charge in [0.05, 0.1) is 16.4 Å². The third-order valence-electron chi connectivity index (χ3n) is 14.7. The summed E-state index contributed by atoms with van der Waals surface area (Å²) in [6.07, 6.45) is 0. The minimum atomic E-state index is -0.529. The number of fused-ring (bicyclic) bond motifs is 9. The lowest BCUT2D eigenvalue weighted by Gasteiger charge is -2.35. The molecule has 2 heterocycles. The van der Waals surface area contributed by atoms with Crippen LogP contribution in [0.2, 0.25) is 0 Å². The van der Waals surface area contributed by atoms with Gasteiger partial charge in [0.25, 0.3) is 0 Å². The number of furan rings is 1. The van der Waals surface area contributed by atoms with Crippen molar-refractivity contribution in [3.63, 3.8) is 0 Å². The molecule has 70 heavy (non-hydrogen) atoms. The predicted molar refractivity (Wildman–Crippen MR) is 291 cm³/mol. The number of rotatable bonds is 8. The van der Waals surface area contributed by atoms with E-state index in [9.17, 15) is 0 Å². The predicted octanol–water partition coefficient (Wildman–Crippen LogP) is 17.8. The molecule has 0 spiro atoms. The Morgan fingerprint density at radius 3 is 1.66 bits per heavy atom. The van der Waals surface area contributed by atoms with Gasteiger partial charge in [-0.3, -0.25) is 0 Å². The van der Waals surface area contributed by atoms with Gasteiger partial charge in [0.2, 0.25) is 0 Å². The molecular formula is C67H44N2O. The molecule has 0 saturated carbocycles. The third kappa shape index (κ3) is 6.15. The van der Waals surface area contributed by atoms with Crippen molar-refractivity contribution in [3.8, 4) is 39.1 Å². The van der Waals surface area contributed by atoms with Crippen LogP contribution in [0.3, 0.4) is 0 Å². The highest BCUT2D eigenvalue weighted by molar-refractivity contribution is 6.11. The Hall–Kier alpha value is -9.18. The van der Waals surface area contributed by atoms with Crippen LogP contribution in [0.25, 0.3) is 82.8 Å². The summed E-state index contributed by atoms with van der Waals surface area (Å²) in [7, 11) is 0. The molecule has 2 aromatic heterocycles. The largest absolute Gasteiger partial charge is 0.456 e. The zero-order valence-corrected chi connectivity index (χ0v) is 38.2. The molecule has 11 aromatic carbocycles. The molecule has 13 aromatic rings. The Labute approximate surface area is 406 Å². The molecule has 0 amide bonds. The Balaban J connectivity index is 0.903. The molecule has 0 N–H and O–H groups in total. The van der Waals surface area contributed by atoms with Gasteiger partial charge >= 0.3 is 0 Å². The maximum absolute atomic E-state index is 6.37. The van der Waals surface area contributed by atoms with Gasteiger partial charge in [0.1, 0.15) is 11.2 Å². The maximum atomic E-state index is 6.37. The monoisotopic (exact) mass is 892 g/mol. The van der Waals surface area contributed by atoms with Crippen LogP contribution >= 0.6 is 0 Å². The van der Waals surface area contributed by atoms with Gasteiger partial charge in [-0.25, -0.2) is 0 Å². The minimum Gasteiger partial charge on any atom is -0.456 e. The molecule has 0 fully saturated rings. The quantitative estimate of drug-likeness (QED) is 0.152. The number of nitrogens with zero attached hydrogens (tertiary/aromatic N) is 2. The van der Waals surface area contributed by atoms with Crippen LogP contribution in [0, 0.1) is 0 Å². The molecule has 0 unspecified atom stereocenters. The van der Waals surface area contributed by atoms with E-state index in [0.717, 1.165) is 50.3 Å². The second-order valence-electron chi connectivity index (χ2n) is 18.4. The lowest BCUT2D eigenvalue weighted by Crippen LogP contribution is -2.28. The first-order chi connectivity index (χ1) is 34.7. The molecule has 328 valence electrons. The van der Waals surface area contributed by atoms with Gasteiger partial charge in [-0.2, -0.15) is 0 Å². The minimum absolute atomic E-state index is 0.529. The number of aromatic nitrogens is 1. The highest BCUT2D eigenvalue weighted by atomic mass is 16.3. The van der Waals surface area contributed by atoms with Crippen molar-refractivity contribution in [2.75, 3.05) is 4.90 Å². The lowest BCUT2D eigenvalue weighted by molar-refractivity contribution is 0.669. The van der Waals surface area contributed by atoms with Crippen molar-refractivity contribution >= 4 is 60.8 Å². The molecule has 1 aliphatic rings. The normalized spacial score (nSPS) is 12.7. The second-order valence-corrected chi connectivity index (χ2v) is 18.4. The van der Waals surface area contributed by atoms with Crippen LogP contribution in [0.1, 0.15) is 22.3 Å². The van der Waals surface area contributed by atoms with Crippen LogP contribution in [0.5, 0.6) is 0 Å². The fourth-order valence-corrected chi connectivity index (χ4v) is 11.6. The molecule has 0 radical (unpaired) electrons. The van der Waals surface area contributed by atoms with Gasteiger partial charge < -0.3 is 13.9 Å². The number of anilines is 3. The van der Waals surface area contributed by atoms with E-state index >= 15 is 0 Å². The van der Waals surface area contributed by atoms with Gasteiger partial charge in [-0.05, 0) is 141 Å². The molecule has 0 bridgehead atoms. The Kier molecular flexibility index (Phi) is 9.11. The fourth-order valence-electron chi connectivity index (χ4n) is 11.6. The molecule has 1 aliphatic carbocycles. The molecule has 0 saturated heterocycles. The van der Waals surface area contributed by atoms with E-state index in [2.05, 4.69) is 264 Å². The summed E-state index contributed by atoms with van der Waals surface area (Å²) in [5, 5.41) is 4.69. The van der Waals surface area contributed by atoms with Crippen molar-refractivity contribution in [2.45, 2.75) is 5.41 Å². The molecule has 0 aliphatic heterocycles. The van der Waals surface area contributed by atoms with Gasteiger partial charge in [0, 0.05) is 44.3 Å². The molecule has 3 nitrogen and oxygen atoms in total. The summed E-state index contributed by atoms with van der Waals surface area (Å²) in [4.78, 5) is 2.41. The number of hydrogen-bond acceptors (Lipinski definition) is 2. The van der Waals surface area contributed by atoms with E-state index in [4.69, 9.17) is 4.42 Å². The highest BCUT2D eigenvalue weighted by Gasteiger charge is 2.46. The lowest BCUT2D eigenvalue weighted by atomic mass is 9.67. The Bertz CT molecular complexity index is 4070. The van der Waals surface area contributed by atoms with Crippen LogP contribution in [0.15, 0.2) is 271 Å². The standard InChI is InChI=1S/C67H44N2O/c1-4-19-49(20-5-1)67(50-21-6-2-7-22-50)61-28-13-10-25-55(61)56-38-36-54(44-62(56)67)68(53-37-40-66-60(43-53)58-27-12-15-30-65(58)70-66)52-34-31-45(32-35-52)46-17-16-18-47(41-46)48-33-39-64-59(42-48)57-26-11-14-29-63(57)69(64)51-23-8-3-9-24-51/h1-44H. The number of para-hydroxylation sites is 3. The SMILES string of the molecule is c1ccc(-n2c3ccccc3c3cc(-c4cccc(-c5ccc(N(c6ccc7c(c6)C(c6ccccc6)(c6ccccc6)c6ccccc6-7)c6ccc7oc8ccccc8c7c6)cc5)c4)ccc32)cc1. The zero-order chi connectivity index (χ0) is 46.2. The smallest absolute Gasteiger partial charge is 0.135 e. The average Bonchev–Trinajstić information content (AvgIpc) is 4.08. The summed E-state index contributed by atoms with van der Waals surface area (Å²) >= 11 is 0. The van der Waals surface area contributed by atoms with E-state index in [1.54, 1.807) is 0 Å². The number of benzene rings is 11. The Morgan fingerprint density at radius 1 is 0.314 bits per heavy atom. The fraction of sp³-hybridized carbons (Fsp3) is 0.0149. The average molecular weight is 893 g/mol. The highest BCUT2D eigenvalue weighted by Crippen LogP contribution is 2.57. The van der Waals surface area contributed by atoms with Gasteiger partial charge in [0.15, 0.2) is 0 Å². The maximum Gasteiger partial charge on any atom is 0.135 e. The van der Waals surface area contributed by atoms with E-state index in [1.807, 2.05) is 12.1 Å². The first-order valence-corrected chi connectivity index (χ1v) is 24.1. The van der Waals surface area contributed by atoms with Gasteiger partial charge in [-0.1, -0.05) is 182 Å². The topological polar surface area (TPSA) is 21.3 Å². The third-order valence-corrected chi connectivity index (χ3v) is 14.7. The van der Waals surface area contributed by atoms with E-state index < -0.39 is 5.41 Å². The Morgan fingerprint density at radius 2 is 0.871 bits per heavy atom. The van der Waals surface area contributed by atoms with E-state index in [1.165, 1.54) is 71.9 Å². The van der Waals surface area contributed by atoms with Crippen LogP contribution in [-0.4, -0.2) is 4.57 Å². The van der Waals surface area contributed by atoms with E-state index in [0.29, 0.717) is 0 Å².